The molecule has 2 N–H and O–H groups in total. The van der Waals surface area contributed by atoms with E-state index in [0.717, 1.165) is 55.0 Å². The molecular weight excluding hydrogens is 428 g/mol. The summed E-state index contributed by atoms with van der Waals surface area (Å²) >= 11 is 0. The molecule has 2 heterocycles. The molecule has 0 aliphatic heterocycles. The second-order valence-electron chi connectivity index (χ2n) is 10.7. The smallest absolute Gasteiger partial charge is 0.224 e. The van der Waals surface area contributed by atoms with Crippen molar-refractivity contribution >= 4 is 16.9 Å². The van der Waals surface area contributed by atoms with Crippen molar-refractivity contribution in [2.24, 2.45) is 11.8 Å². The van der Waals surface area contributed by atoms with Crippen LogP contribution in [-0.2, 0) is 4.74 Å². The lowest BCUT2D eigenvalue weighted by Gasteiger charge is -2.43. The van der Waals surface area contributed by atoms with Crippen molar-refractivity contribution in [1.29, 1.82) is 0 Å². The molecule has 7 heteroatoms. The van der Waals surface area contributed by atoms with Crippen LogP contribution in [-0.4, -0.2) is 52.0 Å². The topological polar surface area (TPSA) is 89.4 Å². The third-order valence-corrected chi connectivity index (χ3v) is 8.00. The first-order valence-electron chi connectivity index (χ1n) is 12.9. The number of hydrogen-bond donors (Lipinski definition) is 2. The molecule has 7 nitrogen and oxygen atoms in total. The molecule has 4 atom stereocenters. The molecule has 0 bridgehead atoms. The highest BCUT2D eigenvalue weighted by molar-refractivity contribution is 5.86. The van der Waals surface area contributed by atoms with Gasteiger partial charge < -0.3 is 19.9 Å². The Morgan fingerprint density at radius 2 is 1.91 bits per heavy atom. The molecule has 0 spiro atoms. The number of pyridine rings is 1. The van der Waals surface area contributed by atoms with Gasteiger partial charge in [0.25, 0.3) is 0 Å². The number of nitrogens with zero attached hydrogens (tertiary/aromatic N) is 3. The number of rotatable bonds is 7. The monoisotopic (exact) mass is 466 g/mol. The van der Waals surface area contributed by atoms with Crippen molar-refractivity contribution in [3.63, 3.8) is 0 Å². The van der Waals surface area contributed by atoms with Crippen LogP contribution in [0, 0.1) is 11.8 Å². The van der Waals surface area contributed by atoms with Crippen LogP contribution in [0.25, 0.3) is 10.9 Å². The van der Waals surface area contributed by atoms with Gasteiger partial charge in [-0.3, -0.25) is 0 Å². The SMILES string of the molecule is COC[C@H](C)Nc1ncc2c(OC3C[C@H]4CC(C)=C4[C@H](C)C3)ncc([C@H]3CC[C@H](O)CC3)c2n1. The summed E-state index contributed by atoms with van der Waals surface area (Å²) in [6.45, 7) is 7.24. The summed E-state index contributed by atoms with van der Waals surface area (Å²) in [6, 6.07) is 0.102. The van der Waals surface area contributed by atoms with Gasteiger partial charge in [0.05, 0.1) is 23.6 Å². The molecule has 2 aromatic rings. The first kappa shape index (κ1) is 23.5. The standard InChI is InChI=1S/C27H38N4O3/c1-15-9-19-11-21(10-16(2)24(15)19)34-26-23-13-29-27(30-17(3)14-33-4)31-25(23)22(12-28-26)18-5-7-20(32)8-6-18/h12-13,16-21,32H,5-11,14H2,1-4H3,(H,29,30,31)/t16-,17+,18-,19-,20-,21?/m1/s1. The maximum absolute atomic E-state index is 10.0. The molecule has 2 aromatic heterocycles. The van der Waals surface area contributed by atoms with E-state index in [0.29, 0.717) is 36.2 Å². The number of aromatic nitrogens is 3. The summed E-state index contributed by atoms with van der Waals surface area (Å²) < 4.78 is 11.8. The fourth-order valence-electron chi connectivity index (χ4n) is 6.42. The summed E-state index contributed by atoms with van der Waals surface area (Å²) in [6.07, 6.45) is 10.6. The van der Waals surface area contributed by atoms with E-state index >= 15 is 0 Å². The van der Waals surface area contributed by atoms with Crippen LogP contribution in [0.1, 0.15) is 77.2 Å². The van der Waals surface area contributed by atoms with Crippen molar-refractivity contribution in [3.8, 4) is 5.88 Å². The maximum Gasteiger partial charge on any atom is 0.224 e. The van der Waals surface area contributed by atoms with Gasteiger partial charge in [-0.25, -0.2) is 15.0 Å². The number of anilines is 1. The van der Waals surface area contributed by atoms with Crippen LogP contribution in [0.3, 0.4) is 0 Å². The summed E-state index contributed by atoms with van der Waals surface area (Å²) in [7, 11) is 1.69. The van der Waals surface area contributed by atoms with Crippen molar-refractivity contribution in [2.75, 3.05) is 19.0 Å². The number of hydrogen-bond acceptors (Lipinski definition) is 7. The van der Waals surface area contributed by atoms with Crippen LogP contribution in [0.4, 0.5) is 5.95 Å². The first-order chi connectivity index (χ1) is 16.4. The van der Waals surface area contributed by atoms with Gasteiger partial charge in [-0.05, 0) is 76.5 Å². The molecule has 3 aliphatic rings. The Hall–Kier alpha value is -2.25. The first-order valence-corrected chi connectivity index (χ1v) is 12.9. The Balaban J connectivity index is 1.45. The van der Waals surface area contributed by atoms with Crippen molar-refractivity contribution < 1.29 is 14.6 Å². The molecule has 0 aromatic carbocycles. The van der Waals surface area contributed by atoms with Crippen LogP contribution in [0.2, 0.25) is 0 Å². The largest absolute Gasteiger partial charge is 0.474 e. The zero-order valence-electron chi connectivity index (χ0n) is 20.9. The Bertz CT molecular complexity index is 1060. The zero-order valence-corrected chi connectivity index (χ0v) is 20.9. The van der Waals surface area contributed by atoms with Gasteiger partial charge in [0.15, 0.2) is 0 Å². The third-order valence-electron chi connectivity index (χ3n) is 8.00. The van der Waals surface area contributed by atoms with Gasteiger partial charge in [-0.15, -0.1) is 0 Å². The van der Waals surface area contributed by atoms with Crippen LogP contribution in [0.15, 0.2) is 23.5 Å². The third kappa shape index (κ3) is 4.65. The second-order valence-corrected chi connectivity index (χ2v) is 10.7. The molecule has 184 valence electrons. The summed E-state index contributed by atoms with van der Waals surface area (Å²) in [5.41, 5.74) is 5.29. The number of ether oxygens (including phenoxy) is 2. The Kier molecular flexibility index (Phi) is 6.76. The molecule has 5 rings (SSSR count). The van der Waals surface area contributed by atoms with E-state index in [4.69, 9.17) is 19.4 Å². The molecule has 2 fully saturated rings. The average Bonchev–Trinajstić information content (AvgIpc) is 2.79. The zero-order chi connectivity index (χ0) is 23.8. The van der Waals surface area contributed by atoms with E-state index < -0.39 is 0 Å². The molecule has 2 saturated carbocycles. The number of aliphatic hydroxyl groups is 1. The summed E-state index contributed by atoms with van der Waals surface area (Å²) in [5.74, 6) is 2.82. The number of methoxy groups -OCH3 is 1. The Morgan fingerprint density at radius 1 is 1.12 bits per heavy atom. The highest BCUT2D eigenvalue weighted by Gasteiger charge is 2.38. The highest BCUT2D eigenvalue weighted by Crippen LogP contribution is 2.48. The molecule has 3 aliphatic carbocycles. The summed E-state index contributed by atoms with van der Waals surface area (Å²) in [5, 5.41) is 14.2. The van der Waals surface area contributed by atoms with Crippen LogP contribution in [0.5, 0.6) is 5.88 Å². The van der Waals surface area contributed by atoms with Gasteiger partial charge in [0, 0.05) is 31.1 Å². The number of aliphatic hydroxyl groups excluding tert-OH is 1. The highest BCUT2D eigenvalue weighted by atomic mass is 16.5. The van der Waals surface area contributed by atoms with Gasteiger partial charge in [0.2, 0.25) is 11.8 Å². The van der Waals surface area contributed by atoms with E-state index in [1.807, 2.05) is 12.4 Å². The normalized spacial score (nSPS) is 30.0. The Morgan fingerprint density at radius 3 is 2.62 bits per heavy atom. The number of allylic oxidation sites excluding steroid dienone is 2. The van der Waals surface area contributed by atoms with Gasteiger partial charge in [0.1, 0.15) is 6.10 Å². The molecular formula is C27H38N4O3. The molecule has 0 saturated heterocycles. The van der Waals surface area contributed by atoms with Gasteiger partial charge in [-0.2, -0.15) is 0 Å². The molecule has 1 unspecified atom stereocenters. The quantitative estimate of drug-likeness (QED) is 0.555. The summed E-state index contributed by atoms with van der Waals surface area (Å²) in [4.78, 5) is 14.3. The second kappa shape index (κ2) is 9.78. The lowest BCUT2D eigenvalue weighted by molar-refractivity contribution is 0.112. The number of fused-ring (bicyclic) bond motifs is 2. The van der Waals surface area contributed by atoms with Crippen LogP contribution < -0.4 is 10.1 Å². The maximum atomic E-state index is 10.0. The predicted molar refractivity (Wildman–Crippen MR) is 133 cm³/mol. The van der Waals surface area contributed by atoms with Gasteiger partial charge >= 0.3 is 0 Å². The number of nitrogens with one attached hydrogen (secondary N) is 1. The minimum absolute atomic E-state index is 0.102. The predicted octanol–water partition coefficient (Wildman–Crippen LogP) is 5.00. The molecule has 0 radical (unpaired) electrons. The lowest BCUT2D eigenvalue weighted by Crippen LogP contribution is -2.36. The van der Waals surface area contributed by atoms with E-state index in [1.165, 1.54) is 6.42 Å². The Labute approximate surface area is 202 Å². The lowest BCUT2D eigenvalue weighted by atomic mass is 9.64. The molecule has 0 amide bonds. The van der Waals surface area contributed by atoms with Crippen LogP contribution >= 0.6 is 0 Å². The minimum atomic E-state index is -0.192. The average molecular weight is 467 g/mol. The van der Waals surface area contributed by atoms with E-state index in [9.17, 15) is 5.11 Å². The van der Waals surface area contributed by atoms with E-state index in [1.54, 1.807) is 18.3 Å². The van der Waals surface area contributed by atoms with E-state index in [-0.39, 0.29) is 18.2 Å². The molecule has 34 heavy (non-hydrogen) atoms. The minimum Gasteiger partial charge on any atom is -0.474 e. The van der Waals surface area contributed by atoms with Gasteiger partial charge in [-0.1, -0.05) is 18.1 Å². The van der Waals surface area contributed by atoms with Crippen molar-refractivity contribution in [1.82, 2.24) is 15.0 Å². The fraction of sp³-hybridized carbons (Fsp3) is 0.667. The fourth-order valence-corrected chi connectivity index (χ4v) is 6.42. The van der Waals surface area contributed by atoms with E-state index in [2.05, 4.69) is 31.1 Å². The van der Waals surface area contributed by atoms with Crippen molar-refractivity contribution in [3.05, 3.63) is 29.1 Å². The van der Waals surface area contributed by atoms with Crippen molar-refractivity contribution in [2.45, 2.75) is 89.9 Å².